The van der Waals surface area contributed by atoms with E-state index in [1.54, 1.807) is 0 Å². The molecule has 1 aliphatic carbocycles. The first-order valence-corrected chi connectivity index (χ1v) is 7.48. The van der Waals surface area contributed by atoms with Crippen LogP contribution in [-0.4, -0.2) is 24.5 Å². The predicted molar refractivity (Wildman–Crippen MR) is 79.6 cm³/mol. The van der Waals surface area contributed by atoms with Crippen LogP contribution >= 0.6 is 0 Å². The van der Waals surface area contributed by atoms with Crippen molar-refractivity contribution in [2.24, 2.45) is 11.8 Å². The molecule has 0 bridgehead atoms. The molecule has 0 N–H and O–H groups in total. The van der Waals surface area contributed by atoms with Crippen LogP contribution in [0, 0.1) is 11.8 Å². The molecule has 1 heteroatoms. The number of hydrogen-bond acceptors (Lipinski definition) is 1. The minimum atomic E-state index is 0.767. The van der Waals surface area contributed by atoms with Crippen LogP contribution in [0.4, 0.5) is 0 Å². The molecule has 0 spiro atoms. The molecule has 1 saturated heterocycles. The van der Waals surface area contributed by atoms with Crippen LogP contribution in [0.2, 0.25) is 0 Å². The van der Waals surface area contributed by atoms with Crippen LogP contribution in [0.5, 0.6) is 0 Å². The van der Waals surface area contributed by atoms with Gasteiger partial charge in [-0.25, -0.2) is 0 Å². The molecule has 0 radical (unpaired) electrons. The molecule has 0 aromatic heterocycles. The molecule has 1 heterocycles. The van der Waals surface area contributed by atoms with E-state index in [0.29, 0.717) is 0 Å². The Hall–Kier alpha value is -0.820. The summed E-state index contributed by atoms with van der Waals surface area (Å²) in [5.41, 5.74) is 1.41. The van der Waals surface area contributed by atoms with Gasteiger partial charge in [-0.2, -0.15) is 0 Å². The van der Waals surface area contributed by atoms with Crippen molar-refractivity contribution in [3.8, 4) is 0 Å². The third-order valence-electron chi connectivity index (χ3n) is 4.05. The minimum Gasteiger partial charge on any atom is -0.303 e. The van der Waals surface area contributed by atoms with Crippen molar-refractivity contribution in [3.05, 3.63) is 36.0 Å². The molecule has 0 atom stereocenters. The number of allylic oxidation sites excluding steroid dienone is 5. The molecule has 1 nitrogen and oxygen atoms in total. The summed E-state index contributed by atoms with van der Waals surface area (Å²) in [6, 6.07) is 0. The first kappa shape index (κ1) is 13.6. The summed E-state index contributed by atoms with van der Waals surface area (Å²) >= 11 is 0. The molecule has 100 valence electrons. The van der Waals surface area contributed by atoms with Crippen LogP contribution in [0.25, 0.3) is 0 Å². The molecule has 0 saturated carbocycles. The smallest absolute Gasteiger partial charge is 0.00160 e. The summed E-state index contributed by atoms with van der Waals surface area (Å²) in [6.07, 6.45) is 16.7. The fraction of sp³-hybridized carbons (Fsp3) is 0.647. The average Bonchev–Trinajstić information content (AvgIpc) is 3.18. The first-order valence-electron chi connectivity index (χ1n) is 7.48. The monoisotopic (exact) mass is 245 g/mol. The lowest BCUT2D eigenvalue weighted by atomic mass is 9.99. The van der Waals surface area contributed by atoms with E-state index in [4.69, 9.17) is 0 Å². The van der Waals surface area contributed by atoms with Gasteiger partial charge in [-0.05, 0) is 57.5 Å². The van der Waals surface area contributed by atoms with Gasteiger partial charge in [-0.3, -0.25) is 0 Å². The van der Waals surface area contributed by atoms with E-state index in [1.807, 2.05) is 0 Å². The number of hydrogen-bond donors (Lipinski definition) is 0. The molecule has 2 aliphatic rings. The standard InChI is InChI=1S/C17H27N/c1-15(6-7-17-8-9-17)5-3-4-12-18-13-10-16(2)11-14-18/h3,5-6,8-9,16-17H,4,7,10-14H2,1-2H3. The molecule has 1 aliphatic heterocycles. The zero-order valence-electron chi connectivity index (χ0n) is 11.9. The second-order valence-corrected chi connectivity index (χ2v) is 5.95. The Balaban J connectivity index is 1.57. The van der Waals surface area contributed by atoms with Crippen molar-refractivity contribution < 1.29 is 0 Å². The Morgan fingerprint density at radius 3 is 2.67 bits per heavy atom. The van der Waals surface area contributed by atoms with E-state index in [1.165, 1.54) is 50.9 Å². The van der Waals surface area contributed by atoms with E-state index < -0.39 is 0 Å². The van der Waals surface area contributed by atoms with Gasteiger partial charge in [0.05, 0.1) is 0 Å². The summed E-state index contributed by atoms with van der Waals surface area (Å²) < 4.78 is 0. The van der Waals surface area contributed by atoms with Gasteiger partial charge in [-0.1, -0.05) is 42.9 Å². The Kier molecular flexibility index (Phi) is 5.25. The van der Waals surface area contributed by atoms with Crippen molar-refractivity contribution in [1.82, 2.24) is 4.90 Å². The SMILES string of the molecule is CC(C=CCCN1CCC(C)CC1)=CCC1C=C1. The van der Waals surface area contributed by atoms with Crippen LogP contribution < -0.4 is 0 Å². The fourth-order valence-electron chi connectivity index (χ4n) is 2.44. The summed E-state index contributed by atoms with van der Waals surface area (Å²) in [7, 11) is 0. The molecule has 0 aromatic rings. The number of rotatable bonds is 6. The molecule has 18 heavy (non-hydrogen) atoms. The first-order chi connectivity index (χ1) is 8.74. The highest BCUT2D eigenvalue weighted by Gasteiger charge is 2.14. The maximum absolute atomic E-state index is 2.61. The van der Waals surface area contributed by atoms with Crippen molar-refractivity contribution in [3.63, 3.8) is 0 Å². The quantitative estimate of drug-likeness (QED) is 0.501. The third-order valence-corrected chi connectivity index (χ3v) is 4.05. The molecule has 2 rings (SSSR count). The Labute approximate surface area is 112 Å². The van der Waals surface area contributed by atoms with E-state index in [9.17, 15) is 0 Å². The van der Waals surface area contributed by atoms with E-state index >= 15 is 0 Å². The van der Waals surface area contributed by atoms with Crippen LogP contribution in [-0.2, 0) is 0 Å². The highest BCUT2D eigenvalue weighted by Crippen LogP contribution is 2.21. The molecular weight excluding hydrogens is 218 g/mol. The van der Waals surface area contributed by atoms with Gasteiger partial charge in [0, 0.05) is 6.54 Å². The van der Waals surface area contributed by atoms with Gasteiger partial charge in [0.1, 0.15) is 0 Å². The molecule has 0 unspecified atom stereocenters. The zero-order chi connectivity index (χ0) is 12.8. The Morgan fingerprint density at radius 1 is 1.28 bits per heavy atom. The molecular formula is C17H27N. The van der Waals surface area contributed by atoms with E-state index in [0.717, 1.165) is 11.8 Å². The lowest BCUT2D eigenvalue weighted by Gasteiger charge is -2.29. The predicted octanol–water partition coefficient (Wildman–Crippen LogP) is 4.19. The topological polar surface area (TPSA) is 3.24 Å². The maximum atomic E-state index is 2.61. The normalized spacial score (nSPS) is 23.1. The largest absolute Gasteiger partial charge is 0.303 e. The van der Waals surface area contributed by atoms with Crippen molar-refractivity contribution in [2.45, 2.75) is 39.5 Å². The second-order valence-electron chi connectivity index (χ2n) is 5.95. The van der Waals surface area contributed by atoms with Crippen LogP contribution in [0.1, 0.15) is 39.5 Å². The minimum absolute atomic E-state index is 0.767. The average molecular weight is 245 g/mol. The lowest BCUT2D eigenvalue weighted by molar-refractivity contribution is 0.195. The summed E-state index contributed by atoms with van der Waals surface area (Å²) in [6.45, 7) is 8.43. The molecule has 0 aromatic carbocycles. The summed E-state index contributed by atoms with van der Waals surface area (Å²) in [5.74, 6) is 1.71. The van der Waals surface area contributed by atoms with Gasteiger partial charge in [0.2, 0.25) is 0 Å². The van der Waals surface area contributed by atoms with Crippen LogP contribution in [0.15, 0.2) is 36.0 Å². The van der Waals surface area contributed by atoms with Gasteiger partial charge >= 0.3 is 0 Å². The third kappa shape index (κ3) is 5.22. The van der Waals surface area contributed by atoms with Gasteiger partial charge in [0.25, 0.3) is 0 Å². The second kappa shape index (κ2) is 6.94. The number of nitrogens with zero attached hydrogens (tertiary/aromatic N) is 1. The lowest BCUT2D eigenvalue weighted by Crippen LogP contribution is -2.33. The Morgan fingerprint density at radius 2 is 2.00 bits per heavy atom. The highest BCUT2D eigenvalue weighted by atomic mass is 15.1. The van der Waals surface area contributed by atoms with Gasteiger partial charge < -0.3 is 4.90 Å². The van der Waals surface area contributed by atoms with E-state index in [-0.39, 0.29) is 0 Å². The van der Waals surface area contributed by atoms with Gasteiger partial charge in [-0.15, -0.1) is 0 Å². The zero-order valence-corrected chi connectivity index (χ0v) is 11.9. The van der Waals surface area contributed by atoms with Crippen molar-refractivity contribution >= 4 is 0 Å². The molecule has 0 amide bonds. The Bertz CT molecular complexity index is 324. The van der Waals surface area contributed by atoms with E-state index in [2.05, 4.69) is 49.1 Å². The number of likely N-dealkylation sites (tertiary alicyclic amines) is 1. The van der Waals surface area contributed by atoms with Gasteiger partial charge in [0.15, 0.2) is 0 Å². The summed E-state index contributed by atoms with van der Waals surface area (Å²) in [5, 5.41) is 0. The fourth-order valence-corrected chi connectivity index (χ4v) is 2.44. The van der Waals surface area contributed by atoms with Crippen LogP contribution in [0.3, 0.4) is 0 Å². The van der Waals surface area contributed by atoms with Crippen molar-refractivity contribution in [1.29, 1.82) is 0 Å². The summed E-state index contributed by atoms with van der Waals surface area (Å²) in [4.78, 5) is 2.61. The highest BCUT2D eigenvalue weighted by molar-refractivity contribution is 5.21. The van der Waals surface area contributed by atoms with Crippen molar-refractivity contribution in [2.75, 3.05) is 19.6 Å². The molecule has 1 fully saturated rings. The maximum Gasteiger partial charge on any atom is 0.00160 e. The number of piperidine rings is 1.